The average Bonchev–Trinajstić information content (AvgIpc) is 2.69. The third-order valence-electron chi connectivity index (χ3n) is 7.21. The summed E-state index contributed by atoms with van der Waals surface area (Å²) in [5.74, 6) is 3.08. The van der Waals surface area contributed by atoms with Crippen LogP contribution in [0.3, 0.4) is 0 Å². The topological polar surface area (TPSA) is 0 Å². The largest absolute Gasteiger partial charge is 0.103 e. The number of hydrogen-bond acceptors (Lipinski definition) is 0. The van der Waals surface area contributed by atoms with E-state index in [0.717, 1.165) is 17.8 Å². The van der Waals surface area contributed by atoms with Gasteiger partial charge >= 0.3 is 0 Å². The van der Waals surface area contributed by atoms with Crippen molar-refractivity contribution < 1.29 is 0 Å². The molecule has 1 aliphatic carbocycles. The van der Waals surface area contributed by atoms with Crippen LogP contribution in [0.15, 0.2) is 43.0 Å². The molecule has 0 radical (unpaired) electrons. The molecule has 0 spiro atoms. The Bertz CT molecular complexity index is 510. The van der Waals surface area contributed by atoms with Crippen LogP contribution in [0, 0.1) is 17.8 Å². The monoisotopic (exact) mass is 418 g/mol. The lowest BCUT2D eigenvalue weighted by Gasteiger charge is -2.42. The van der Waals surface area contributed by atoms with Crippen LogP contribution in [-0.2, 0) is 0 Å². The van der Waals surface area contributed by atoms with E-state index in [9.17, 15) is 0 Å². The van der Waals surface area contributed by atoms with Gasteiger partial charge in [0.15, 0.2) is 0 Å². The highest BCUT2D eigenvalue weighted by atomic mass is 79.9. The minimum absolute atomic E-state index is 1.01. The molecular formula is C23H35BrSi. The Morgan fingerprint density at radius 2 is 1.60 bits per heavy atom. The highest BCUT2D eigenvalue weighted by Crippen LogP contribution is 2.43. The highest BCUT2D eigenvalue weighted by molar-refractivity contribution is 9.09. The van der Waals surface area contributed by atoms with Gasteiger partial charge in [0.25, 0.3) is 0 Å². The molecule has 1 aromatic carbocycles. The molecule has 1 saturated carbocycles. The number of benzene rings is 1. The van der Waals surface area contributed by atoms with Crippen LogP contribution in [0.5, 0.6) is 0 Å². The summed E-state index contributed by atoms with van der Waals surface area (Å²) in [6.07, 6.45) is 15.1. The summed E-state index contributed by atoms with van der Waals surface area (Å²) in [5.41, 5.74) is 0. The summed E-state index contributed by atoms with van der Waals surface area (Å²) in [5, 5.41) is 1.69. The van der Waals surface area contributed by atoms with Crippen molar-refractivity contribution >= 4 is 29.2 Å². The molecule has 0 bridgehead atoms. The molecule has 2 fully saturated rings. The van der Waals surface area contributed by atoms with E-state index in [0.29, 0.717) is 0 Å². The predicted molar refractivity (Wildman–Crippen MR) is 117 cm³/mol. The van der Waals surface area contributed by atoms with E-state index in [1.54, 1.807) is 5.19 Å². The Kier molecular flexibility index (Phi) is 7.42. The zero-order chi connectivity index (χ0) is 17.5. The van der Waals surface area contributed by atoms with Crippen molar-refractivity contribution in [1.82, 2.24) is 0 Å². The molecule has 0 aromatic heterocycles. The number of allylic oxidation sites excluding steroid dienone is 1. The van der Waals surface area contributed by atoms with E-state index < -0.39 is 8.07 Å². The molecule has 1 aromatic rings. The number of rotatable bonds is 7. The van der Waals surface area contributed by atoms with Crippen LogP contribution in [-0.4, -0.2) is 13.0 Å². The predicted octanol–water partition coefficient (Wildman–Crippen LogP) is 6.85. The summed E-state index contributed by atoms with van der Waals surface area (Å²) < 4.78 is 0. The molecule has 0 amide bonds. The highest BCUT2D eigenvalue weighted by Gasteiger charge is 2.40. The summed E-state index contributed by atoms with van der Waals surface area (Å²) in [7, 11) is -1.27. The first-order chi connectivity index (χ1) is 12.3. The van der Waals surface area contributed by atoms with E-state index in [2.05, 4.69) is 58.9 Å². The number of unbranched alkanes of at least 4 members (excludes halogenated alkanes) is 1. The molecule has 2 heteroatoms. The van der Waals surface area contributed by atoms with Gasteiger partial charge < -0.3 is 0 Å². The molecule has 0 atom stereocenters. The Labute approximate surface area is 164 Å². The SMILES string of the molecule is C=CCCC[C@H]1CC[C@H](C2CC[Si](CBr)(c3ccccc3)CC2)CC1. The average molecular weight is 420 g/mol. The Morgan fingerprint density at radius 1 is 0.960 bits per heavy atom. The van der Waals surface area contributed by atoms with Crippen LogP contribution in [0.25, 0.3) is 0 Å². The van der Waals surface area contributed by atoms with Gasteiger partial charge in [-0.2, -0.15) is 0 Å². The number of alkyl halides is 1. The van der Waals surface area contributed by atoms with E-state index in [1.165, 1.54) is 74.8 Å². The third kappa shape index (κ3) is 4.89. The van der Waals surface area contributed by atoms with E-state index >= 15 is 0 Å². The van der Waals surface area contributed by atoms with E-state index in [1.807, 2.05) is 0 Å². The fourth-order valence-electron chi connectivity index (χ4n) is 5.45. The summed E-state index contributed by atoms with van der Waals surface area (Å²) in [6, 6.07) is 14.5. The van der Waals surface area contributed by atoms with Gasteiger partial charge in [0.2, 0.25) is 0 Å². The Balaban J connectivity index is 1.49. The van der Waals surface area contributed by atoms with Gasteiger partial charge in [0, 0.05) is 4.95 Å². The molecule has 0 unspecified atom stereocenters. The van der Waals surface area contributed by atoms with Crippen molar-refractivity contribution in [2.24, 2.45) is 17.8 Å². The zero-order valence-corrected chi connectivity index (χ0v) is 18.4. The first-order valence-electron chi connectivity index (χ1n) is 10.5. The molecular weight excluding hydrogens is 384 g/mol. The molecule has 1 aliphatic heterocycles. The maximum atomic E-state index is 3.91. The third-order valence-corrected chi connectivity index (χ3v) is 15.0. The van der Waals surface area contributed by atoms with Crippen molar-refractivity contribution in [2.45, 2.75) is 69.9 Å². The first kappa shape index (κ1) is 19.4. The molecule has 0 N–H and O–H groups in total. The second-order valence-corrected chi connectivity index (χ2v) is 14.7. The van der Waals surface area contributed by atoms with Crippen LogP contribution in [0.2, 0.25) is 12.1 Å². The molecule has 1 heterocycles. The van der Waals surface area contributed by atoms with E-state index in [4.69, 9.17) is 0 Å². The maximum Gasteiger partial charge on any atom is 0.0971 e. The summed E-state index contributed by atoms with van der Waals surface area (Å²) in [4.78, 5) is 1.26. The van der Waals surface area contributed by atoms with Crippen molar-refractivity contribution in [3.63, 3.8) is 0 Å². The maximum absolute atomic E-state index is 3.91. The lowest BCUT2D eigenvalue weighted by atomic mass is 9.73. The molecule has 25 heavy (non-hydrogen) atoms. The number of halogens is 1. The van der Waals surface area contributed by atoms with Crippen molar-refractivity contribution in [3.05, 3.63) is 43.0 Å². The van der Waals surface area contributed by atoms with Gasteiger partial charge in [-0.25, -0.2) is 0 Å². The fourth-order valence-corrected chi connectivity index (χ4v) is 12.1. The van der Waals surface area contributed by atoms with Gasteiger partial charge in [0.1, 0.15) is 0 Å². The molecule has 2 aliphatic rings. The molecule has 1 saturated heterocycles. The minimum atomic E-state index is -1.27. The van der Waals surface area contributed by atoms with Gasteiger partial charge in [-0.15, -0.1) is 6.58 Å². The normalized spacial score (nSPS) is 33.1. The second kappa shape index (κ2) is 9.55. The quantitative estimate of drug-likeness (QED) is 0.196. The lowest BCUT2D eigenvalue weighted by Crippen LogP contribution is -2.52. The smallest absolute Gasteiger partial charge is 0.0971 e. The van der Waals surface area contributed by atoms with Crippen molar-refractivity contribution in [3.8, 4) is 0 Å². The Morgan fingerprint density at radius 3 is 2.20 bits per heavy atom. The Hall–Kier alpha value is -0.343. The van der Waals surface area contributed by atoms with Gasteiger partial charge in [-0.05, 0) is 43.4 Å². The second-order valence-electron chi connectivity index (χ2n) is 8.62. The zero-order valence-electron chi connectivity index (χ0n) is 15.8. The molecule has 0 nitrogen and oxygen atoms in total. The fraction of sp³-hybridized carbons (Fsp3) is 0.652. The standard InChI is InChI=1S/C23H35BrSi/c1-2-3-5-8-20-11-13-21(14-12-20)22-15-17-25(19-24,18-16-22)23-9-6-4-7-10-23/h2,4,6-7,9-10,20-22H,1,3,5,8,11-19H2/t20-,21-,22?,25?. The van der Waals surface area contributed by atoms with Crippen LogP contribution < -0.4 is 5.19 Å². The van der Waals surface area contributed by atoms with Crippen LogP contribution in [0.4, 0.5) is 0 Å². The molecule has 3 rings (SSSR count). The summed E-state index contributed by atoms with van der Waals surface area (Å²) >= 11 is 3.91. The van der Waals surface area contributed by atoms with Crippen molar-refractivity contribution in [2.75, 3.05) is 4.95 Å². The van der Waals surface area contributed by atoms with Gasteiger partial charge in [-0.1, -0.05) is 102 Å². The van der Waals surface area contributed by atoms with Crippen molar-refractivity contribution in [1.29, 1.82) is 0 Å². The van der Waals surface area contributed by atoms with Gasteiger partial charge in [-0.3, -0.25) is 0 Å². The van der Waals surface area contributed by atoms with Crippen LogP contribution >= 0.6 is 15.9 Å². The minimum Gasteiger partial charge on any atom is -0.103 e. The summed E-state index contributed by atoms with van der Waals surface area (Å²) in [6.45, 7) is 3.86. The first-order valence-corrected chi connectivity index (χ1v) is 14.2. The van der Waals surface area contributed by atoms with Crippen LogP contribution in [0.1, 0.15) is 57.8 Å². The van der Waals surface area contributed by atoms with E-state index in [-0.39, 0.29) is 0 Å². The molecule has 138 valence electrons. The lowest BCUT2D eigenvalue weighted by molar-refractivity contribution is 0.184. The number of hydrogen-bond donors (Lipinski definition) is 0. The van der Waals surface area contributed by atoms with Gasteiger partial charge in [0.05, 0.1) is 8.07 Å².